The molecule has 1 N–H and O–H groups in total. The molecule has 1 aliphatic rings. The molecule has 0 spiro atoms. The number of fused-ring (bicyclic) bond motifs is 1. The fourth-order valence-electron chi connectivity index (χ4n) is 2.18. The van der Waals surface area contributed by atoms with Crippen LogP contribution in [-0.4, -0.2) is 17.6 Å². The standard InChI is InChI=1S/C14H18ClNO2/c1-14(2,3)13(18)16-7-6-12(17)10-8-9(15)4-5-11(10)16/h4-5,8,12,17H,6-7H2,1-3H3. The Morgan fingerprint density at radius 1 is 1.44 bits per heavy atom. The molecule has 2 rings (SSSR count). The van der Waals surface area contributed by atoms with Crippen LogP contribution in [0.5, 0.6) is 0 Å². The minimum Gasteiger partial charge on any atom is -0.388 e. The van der Waals surface area contributed by atoms with Crippen molar-refractivity contribution in [3.63, 3.8) is 0 Å². The molecule has 4 heteroatoms. The van der Waals surface area contributed by atoms with E-state index in [1.807, 2.05) is 26.8 Å². The fraction of sp³-hybridized carbons (Fsp3) is 0.500. The van der Waals surface area contributed by atoms with Gasteiger partial charge < -0.3 is 10.0 Å². The second kappa shape index (κ2) is 4.56. The monoisotopic (exact) mass is 267 g/mol. The topological polar surface area (TPSA) is 40.5 Å². The first-order valence-electron chi connectivity index (χ1n) is 6.10. The van der Waals surface area contributed by atoms with Crippen molar-refractivity contribution in [2.24, 2.45) is 5.41 Å². The smallest absolute Gasteiger partial charge is 0.232 e. The number of nitrogens with zero attached hydrogens (tertiary/aromatic N) is 1. The van der Waals surface area contributed by atoms with Crippen LogP contribution in [0.25, 0.3) is 0 Å². The summed E-state index contributed by atoms with van der Waals surface area (Å²) in [5, 5.41) is 10.6. The van der Waals surface area contributed by atoms with Crippen molar-refractivity contribution < 1.29 is 9.90 Å². The Morgan fingerprint density at radius 2 is 2.11 bits per heavy atom. The van der Waals surface area contributed by atoms with Crippen LogP contribution in [0.4, 0.5) is 5.69 Å². The summed E-state index contributed by atoms with van der Waals surface area (Å²) in [6.45, 7) is 6.24. The number of rotatable bonds is 0. The number of benzene rings is 1. The number of amides is 1. The first-order valence-corrected chi connectivity index (χ1v) is 6.48. The van der Waals surface area contributed by atoms with E-state index in [1.54, 1.807) is 17.0 Å². The van der Waals surface area contributed by atoms with Crippen LogP contribution >= 0.6 is 11.6 Å². The molecule has 0 radical (unpaired) electrons. The van der Waals surface area contributed by atoms with E-state index in [-0.39, 0.29) is 5.91 Å². The molecule has 1 atom stereocenters. The lowest BCUT2D eigenvalue weighted by atomic mass is 9.91. The van der Waals surface area contributed by atoms with E-state index in [4.69, 9.17) is 11.6 Å². The summed E-state index contributed by atoms with van der Waals surface area (Å²) in [5.41, 5.74) is 1.09. The third-order valence-electron chi connectivity index (χ3n) is 3.15. The van der Waals surface area contributed by atoms with Crippen molar-refractivity contribution in [3.05, 3.63) is 28.8 Å². The average molecular weight is 268 g/mol. The van der Waals surface area contributed by atoms with E-state index in [9.17, 15) is 9.90 Å². The van der Waals surface area contributed by atoms with Crippen molar-refractivity contribution in [3.8, 4) is 0 Å². The molecule has 0 saturated carbocycles. The molecule has 0 aromatic heterocycles. The van der Waals surface area contributed by atoms with Crippen LogP contribution in [0.2, 0.25) is 5.02 Å². The number of anilines is 1. The lowest BCUT2D eigenvalue weighted by Crippen LogP contribution is -2.43. The lowest BCUT2D eigenvalue weighted by molar-refractivity contribution is -0.126. The van der Waals surface area contributed by atoms with E-state index in [1.165, 1.54) is 0 Å². The Bertz CT molecular complexity index is 479. The molecule has 0 saturated heterocycles. The summed E-state index contributed by atoms with van der Waals surface area (Å²) in [4.78, 5) is 14.1. The molecule has 18 heavy (non-hydrogen) atoms. The number of carbonyl (C=O) groups is 1. The van der Waals surface area contributed by atoms with Gasteiger partial charge in [0.05, 0.1) is 6.10 Å². The number of hydrogen-bond acceptors (Lipinski definition) is 2. The predicted octanol–water partition coefficient (Wildman–Crippen LogP) is 3.16. The number of carbonyl (C=O) groups excluding carboxylic acids is 1. The first kappa shape index (κ1) is 13.4. The normalized spacial score (nSPS) is 19.6. The molecule has 1 amide bonds. The number of hydrogen-bond donors (Lipinski definition) is 1. The van der Waals surface area contributed by atoms with Crippen LogP contribution in [0.15, 0.2) is 18.2 Å². The summed E-state index contributed by atoms with van der Waals surface area (Å²) < 4.78 is 0. The molecule has 0 fully saturated rings. The maximum absolute atomic E-state index is 12.4. The maximum atomic E-state index is 12.4. The minimum atomic E-state index is -0.539. The number of aliphatic hydroxyl groups is 1. The van der Waals surface area contributed by atoms with Crippen molar-refractivity contribution in [1.29, 1.82) is 0 Å². The van der Waals surface area contributed by atoms with Gasteiger partial charge in [0.1, 0.15) is 0 Å². The van der Waals surface area contributed by atoms with Gasteiger partial charge in [-0.15, -0.1) is 0 Å². The Labute approximate surface area is 112 Å². The second-order valence-corrected chi connectivity index (χ2v) is 6.15. The van der Waals surface area contributed by atoms with E-state index < -0.39 is 11.5 Å². The molecule has 1 aromatic rings. The van der Waals surface area contributed by atoms with Gasteiger partial charge in [-0.25, -0.2) is 0 Å². The zero-order valence-electron chi connectivity index (χ0n) is 10.9. The number of halogens is 1. The molecule has 1 heterocycles. The summed E-state index contributed by atoms with van der Waals surface area (Å²) in [6, 6.07) is 5.30. The quantitative estimate of drug-likeness (QED) is 0.784. The van der Waals surface area contributed by atoms with Crippen molar-refractivity contribution in [1.82, 2.24) is 0 Å². The van der Waals surface area contributed by atoms with E-state index in [0.29, 0.717) is 18.0 Å². The Balaban J connectivity index is 2.44. The molecule has 3 nitrogen and oxygen atoms in total. The molecule has 1 aliphatic heterocycles. The fourth-order valence-corrected chi connectivity index (χ4v) is 2.36. The zero-order chi connectivity index (χ0) is 13.5. The van der Waals surface area contributed by atoms with Crippen molar-refractivity contribution in [2.75, 3.05) is 11.4 Å². The minimum absolute atomic E-state index is 0.0676. The zero-order valence-corrected chi connectivity index (χ0v) is 11.7. The Kier molecular flexibility index (Phi) is 3.39. The molecule has 1 unspecified atom stereocenters. The van der Waals surface area contributed by atoms with Crippen LogP contribution in [0.1, 0.15) is 38.9 Å². The van der Waals surface area contributed by atoms with Gasteiger partial charge in [0.25, 0.3) is 0 Å². The maximum Gasteiger partial charge on any atom is 0.232 e. The summed E-state index contributed by atoms with van der Waals surface area (Å²) in [5.74, 6) is 0.0676. The molecule has 0 aliphatic carbocycles. The Morgan fingerprint density at radius 3 is 2.72 bits per heavy atom. The van der Waals surface area contributed by atoms with E-state index in [0.717, 1.165) is 11.3 Å². The van der Waals surface area contributed by atoms with Gasteiger partial charge in [-0.1, -0.05) is 32.4 Å². The molecule has 0 bridgehead atoms. The summed E-state index contributed by atoms with van der Waals surface area (Å²) >= 11 is 5.94. The predicted molar refractivity (Wildman–Crippen MR) is 72.8 cm³/mol. The average Bonchev–Trinajstić information content (AvgIpc) is 2.28. The van der Waals surface area contributed by atoms with Crippen LogP contribution in [0.3, 0.4) is 0 Å². The molecule has 98 valence electrons. The molecular weight excluding hydrogens is 250 g/mol. The van der Waals surface area contributed by atoms with E-state index in [2.05, 4.69) is 0 Å². The van der Waals surface area contributed by atoms with Gasteiger partial charge in [-0.05, 0) is 24.6 Å². The van der Waals surface area contributed by atoms with Crippen molar-refractivity contribution in [2.45, 2.75) is 33.3 Å². The van der Waals surface area contributed by atoms with Gasteiger partial charge in [-0.3, -0.25) is 4.79 Å². The second-order valence-electron chi connectivity index (χ2n) is 5.71. The SMILES string of the molecule is CC(C)(C)C(=O)N1CCC(O)c2cc(Cl)ccc21. The highest BCUT2D eigenvalue weighted by molar-refractivity contribution is 6.30. The van der Waals surface area contributed by atoms with Crippen LogP contribution in [-0.2, 0) is 4.79 Å². The van der Waals surface area contributed by atoms with Gasteiger partial charge in [0.2, 0.25) is 5.91 Å². The highest BCUT2D eigenvalue weighted by atomic mass is 35.5. The summed E-state index contributed by atoms with van der Waals surface area (Å²) in [7, 11) is 0. The van der Waals surface area contributed by atoms with Crippen LogP contribution in [0, 0.1) is 5.41 Å². The van der Waals surface area contributed by atoms with Gasteiger partial charge in [0, 0.05) is 28.2 Å². The number of aliphatic hydroxyl groups excluding tert-OH is 1. The summed E-state index contributed by atoms with van der Waals surface area (Å²) in [6.07, 6.45) is 0.0116. The molecule has 1 aromatic carbocycles. The van der Waals surface area contributed by atoms with Crippen molar-refractivity contribution >= 4 is 23.2 Å². The highest BCUT2D eigenvalue weighted by Crippen LogP contribution is 2.37. The van der Waals surface area contributed by atoms with E-state index >= 15 is 0 Å². The van der Waals surface area contributed by atoms with Gasteiger partial charge in [0.15, 0.2) is 0 Å². The van der Waals surface area contributed by atoms with Gasteiger partial charge in [-0.2, -0.15) is 0 Å². The molecular formula is C14H18ClNO2. The van der Waals surface area contributed by atoms with Crippen LogP contribution < -0.4 is 4.90 Å². The third-order valence-corrected chi connectivity index (χ3v) is 3.39. The highest BCUT2D eigenvalue weighted by Gasteiger charge is 2.33. The van der Waals surface area contributed by atoms with Gasteiger partial charge >= 0.3 is 0 Å². The first-order chi connectivity index (χ1) is 8.30. The Hall–Kier alpha value is -1.06. The largest absolute Gasteiger partial charge is 0.388 e. The lowest BCUT2D eigenvalue weighted by Gasteiger charge is -2.36. The third kappa shape index (κ3) is 2.38.